The van der Waals surface area contributed by atoms with Crippen molar-refractivity contribution in [3.05, 3.63) is 45.3 Å². The molecule has 1 aliphatic rings. The highest BCUT2D eigenvalue weighted by Crippen LogP contribution is 2.28. The SMILES string of the molecule is CC(Nc1nc2c(cc1C(N)=S)CCC2)c1ccsc1. The number of thiophene rings is 1. The van der Waals surface area contributed by atoms with E-state index in [1.54, 1.807) is 11.3 Å². The quantitative estimate of drug-likeness (QED) is 0.850. The van der Waals surface area contributed by atoms with Crippen LogP contribution in [0.2, 0.25) is 0 Å². The second kappa shape index (κ2) is 5.50. The Labute approximate surface area is 128 Å². The van der Waals surface area contributed by atoms with Crippen LogP contribution in [0.25, 0.3) is 0 Å². The van der Waals surface area contributed by atoms with Gasteiger partial charge in [-0.25, -0.2) is 4.98 Å². The van der Waals surface area contributed by atoms with Gasteiger partial charge in [0.1, 0.15) is 10.8 Å². The zero-order valence-corrected chi connectivity index (χ0v) is 13.0. The Morgan fingerprint density at radius 1 is 1.50 bits per heavy atom. The van der Waals surface area contributed by atoms with Gasteiger partial charge in [-0.1, -0.05) is 12.2 Å². The van der Waals surface area contributed by atoms with Crippen molar-refractivity contribution in [3.8, 4) is 0 Å². The molecule has 2 aromatic heterocycles. The van der Waals surface area contributed by atoms with E-state index in [-0.39, 0.29) is 6.04 Å². The number of hydrogen-bond donors (Lipinski definition) is 2. The van der Waals surface area contributed by atoms with Crippen LogP contribution in [0, 0.1) is 0 Å². The monoisotopic (exact) mass is 303 g/mol. The third-order valence-electron chi connectivity index (χ3n) is 3.71. The Balaban J connectivity index is 1.94. The van der Waals surface area contributed by atoms with E-state index in [0.717, 1.165) is 24.2 Å². The molecule has 3 nitrogen and oxygen atoms in total. The van der Waals surface area contributed by atoms with Gasteiger partial charge in [0.15, 0.2) is 0 Å². The highest BCUT2D eigenvalue weighted by molar-refractivity contribution is 7.80. The van der Waals surface area contributed by atoms with Gasteiger partial charge in [0.05, 0.1) is 11.6 Å². The van der Waals surface area contributed by atoms with Gasteiger partial charge in [0, 0.05) is 5.69 Å². The molecule has 0 saturated carbocycles. The van der Waals surface area contributed by atoms with Gasteiger partial charge in [0.25, 0.3) is 0 Å². The van der Waals surface area contributed by atoms with Gasteiger partial charge in [0.2, 0.25) is 0 Å². The molecule has 0 aromatic carbocycles. The number of anilines is 1. The molecule has 2 heterocycles. The van der Waals surface area contributed by atoms with Crippen molar-refractivity contribution in [2.24, 2.45) is 5.73 Å². The highest BCUT2D eigenvalue weighted by atomic mass is 32.1. The fourth-order valence-corrected chi connectivity index (χ4v) is 3.49. The number of pyridine rings is 1. The molecule has 104 valence electrons. The first-order valence-corrected chi connectivity index (χ1v) is 8.11. The predicted molar refractivity (Wildman–Crippen MR) is 88.5 cm³/mol. The molecule has 20 heavy (non-hydrogen) atoms. The van der Waals surface area contributed by atoms with Crippen molar-refractivity contribution in [2.75, 3.05) is 5.32 Å². The van der Waals surface area contributed by atoms with Crippen LogP contribution in [0.1, 0.15) is 41.8 Å². The summed E-state index contributed by atoms with van der Waals surface area (Å²) in [7, 11) is 0. The molecular formula is C15H17N3S2. The molecule has 0 saturated heterocycles. The Morgan fingerprint density at radius 3 is 3.05 bits per heavy atom. The lowest BCUT2D eigenvalue weighted by Gasteiger charge is -2.17. The van der Waals surface area contributed by atoms with Crippen LogP contribution in [0.4, 0.5) is 5.82 Å². The number of hydrogen-bond acceptors (Lipinski definition) is 4. The summed E-state index contributed by atoms with van der Waals surface area (Å²) >= 11 is 6.87. The molecule has 1 unspecified atom stereocenters. The van der Waals surface area contributed by atoms with Gasteiger partial charge in [-0.05, 0) is 60.2 Å². The van der Waals surface area contributed by atoms with Crippen LogP contribution in [-0.4, -0.2) is 9.97 Å². The van der Waals surface area contributed by atoms with E-state index >= 15 is 0 Å². The number of thiocarbonyl (C=S) groups is 1. The van der Waals surface area contributed by atoms with E-state index in [4.69, 9.17) is 22.9 Å². The summed E-state index contributed by atoms with van der Waals surface area (Å²) in [6, 6.07) is 4.43. The highest BCUT2D eigenvalue weighted by Gasteiger charge is 2.19. The Kier molecular flexibility index (Phi) is 3.72. The molecule has 0 radical (unpaired) electrons. The first-order chi connectivity index (χ1) is 9.65. The summed E-state index contributed by atoms with van der Waals surface area (Å²) in [6.45, 7) is 2.13. The molecular weight excluding hydrogens is 286 g/mol. The minimum atomic E-state index is 0.196. The summed E-state index contributed by atoms with van der Waals surface area (Å²) in [4.78, 5) is 5.16. The Morgan fingerprint density at radius 2 is 2.35 bits per heavy atom. The molecule has 0 spiro atoms. The first-order valence-electron chi connectivity index (χ1n) is 6.76. The Hall–Kier alpha value is -1.46. The van der Waals surface area contributed by atoms with Crippen LogP contribution in [0.15, 0.2) is 22.9 Å². The maximum Gasteiger partial charge on any atom is 0.137 e. The molecule has 0 fully saturated rings. The average Bonchev–Trinajstić information content (AvgIpc) is 3.08. The number of rotatable bonds is 4. The smallest absolute Gasteiger partial charge is 0.137 e. The molecule has 3 rings (SSSR count). The molecule has 5 heteroatoms. The summed E-state index contributed by atoms with van der Waals surface area (Å²) in [5, 5.41) is 7.68. The second-order valence-electron chi connectivity index (χ2n) is 5.13. The molecule has 1 atom stereocenters. The normalized spacial score (nSPS) is 14.8. The maximum absolute atomic E-state index is 5.86. The third-order valence-corrected chi connectivity index (χ3v) is 4.63. The Bertz CT molecular complexity index is 635. The summed E-state index contributed by atoms with van der Waals surface area (Å²) in [5.41, 5.74) is 10.5. The van der Waals surface area contributed by atoms with E-state index in [9.17, 15) is 0 Å². The standard InChI is InChI=1S/C15H17N3S2/c1-9(11-5-6-20-8-11)17-15-12(14(16)19)7-10-3-2-4-13(10)18-15/h5-9H,2-4H2,1H3,(H2,16,19)(H,17,18). The lowest BCUT2D eigenvalue weighted by atomic mass is 10.1. The van der Waals surface area contributed by atoms with Crippen LogP contribution in [-0.2, 0) is 12.8 Å². The van der Waals surface area contributed by atoms with E-state index in [1.165, 1.54) is 23.2 Å². The molecule has 0 bridgehead atoms. The topological polar surface area (TPSA) is 50.9 Å². The number of nitrogens with zero attached hydrogens (tertiary/aromatic N) is 1. The zero-order chi connectivity index (χ0) is 14.1. The van der Waals surface area contributed by atoms with E-state index in [2.05, 4.69) is 35.1 Å². The molecule has 3 N–H and O–H groups in total. The fourth-order valence-electron chi connectivity index (χ4n) is 2.58. The fraction of sp³-hybridized carbons (Fsp3) is 0.333. The predicted octanol–water partition coefficient (Wildman–Crippen LogP) is 3.44. The molecule has 0 aliphatic heterocycles. The maximum atomic E-state index is 5.86. The minimum Gasteiger partial charge on any atom is -0.389 e. The van der Waals surface area contributed by atoms with Crippen LogP contribution < -0.4 is 11.1 Å². The van der Waals surface area contributed by atoms with Gasteiger partial charge < -0.3 is 11.1 Å². The molecule has 1 aliphatic carbocycles. The zero-order valence-electron chi connectivity index (χ0n) is 11.3. The number of aryl methyl sites for hydroxylation is 2. The van der Waals surface area contributed by atoms with Crippen molar-refractivity contribution < 1.29 is 0 Å². The minimum absolute atomic E-state index is 0.196. The number of fused-ring (bicyclic) bond motifs is 1. The summed E-state index contributed by atoms with van der Waals surface area (Å²) in [5.74, 6) is 0.817. The number of nitrogens with two attached hydrogens (primary N) is 1. The summed E-state index contributed by atoms with van der Waals surface area (Å²) in [6.07, 6.45) is 3.30. The first kappa shape index (κ1) is 13.5. The lowest BCUT2D eigenvalue weighted by molar-refractivity contribution is 0.869. The van der Waals surface area contributed by atoms with Crippen molar-refractivity contribution in [3.63, 3.8) is 0 Å². The van der Waals surface area contributed by atoms with Crippen molar-refractivity contribution in [1.82, 2.24) is 4.98 Å². The van der Waals surface area contributed by atoms with Crippen molar-refractivity contribution in [2.45, 2.75) is 32.2 Å². The van der Waals surface area contributed by atoms with Gasteiger partial charge >= 0.3 is 0 Å². The van der Waals surface area contributed by atoms with Crippen LogP contribution in [0.5, 0.6) is 0 Å². The van der Waals surface area contributed by atoms with Gasteiger partial charge in [-0.3, -0.25) is 0 Å². The largest absolute Gasteiger partial charge is 0.389 e. The van der Waals surface area contributed by atoms with E-state index in [0.29, 0.717) is 4.99 Å². The summed E-state index contributed by atoms with van der Waals surface area (Å²) < 4.78 is 0. The van der Waals surface area contributed by atoms with Gasteiger partial charge in [-0.15, -0.1) is 0 Å². The van der Waals surface area contributed by atoms with Gasteiger partial charge in [-0.2, -0.15) is 11.3 Å². The third kappa shape index (κ3) is 2.55. The lowest BCUT2D eigenvalue weighted by Crippen LogP contribution is -2.17. The van der Waals surface area contributed by atoms with Crippen molar-refractivity contribution in [1.29, 1.82) is 0 Å². The van der Waals surface area contributed by atoms with Crippen LogP contribution >= 0.6 is 23.6 Å². The van der Waals surface area contributed by atoms with E-state index < -0.39 is 0 Å². The second-order valence-corrected chi connectivity index (χ2v) is 6.35. The molecule has 0 amide bonds. The van der Waals surface area contributed by atoms with E-state index in [1.807, 2.05) is 0 Å². The van der Waals surface area contributed by atoms with Crippen LogP contribution in [0.3, 0.4) is 0 Å². The number of aromatic nitrogens is 1. The number of nitrogens with one attached hydrogen (secondary N) is 1. The molecule has 2 aromatic rings. The average molecular weight is 303 g/mol. The van der Waals surface area contributed by atoms with Crippen molar-refractivity contribution >= 4 is 34.4 Å².